The summed E-state index contributed by atoms with van der Waals surface area (Å²) in [6.45, 7) is 0.329. The number of rotatable bonds is 4. The Morgan fingerprint density at radius 3 is 2.61 bits per heavy atom. The minimum Gasteiger partial charge on any atom is -0.491 e. The van der Waals surface area contributed by atoms with Crippen LogP contribution in [0.3, 0.4) is 0 Å². The summed E-state index contributed by atoms with van der Waals surface area (Å²) in [4.78, 5) is 24.6. The summed E-state index contributed by atoms with van der Waals surface area (Å²) in [6.07, 6.45) is -4.46. The molecule has 0 fully saturated rings. The number of nitrogens with one attached hydrogen (secondary N) is 1. The molecule has 2 aromatic rings. The van der Waals surface area contributed by atoms with Crippen LogP contribution in [0.25, 0.3) is 0 Å². The van der Waals surface area contributed by atoms with Gasteiger partial charge >= 0.3 is 12.3 Å². The number of hydrogen-bond donors (Lipinski definition) is 1. The van der Waals surface area contributed by atoms with Crippen molar-refractivity contribution in [2.75, 3.05) is 19.0 Å². The molecule has 1 amide bonds. The smallest absolute Gasteiger partial charge is 0.491 e. The van der Waals surface area contributed by atoms with Crippen LogP contribution in [0.4, 0.5) is 18.9 Å². The third-order valence-corrected chi connectivity index (χ3v) is 4.82. The summed E-state index contributed by atoms with van der Waals surface area (Å²) in [5.74, 6) is -1.80. The van der Waals surface area contributed by atoms with E-state index in [9.17, 15) is 22.8 Å². The zero-order valence-corrected chi connectivity index (χ0v) is 15.9. The Bertz CT molecular complexity index is 946. The normalized spacial score (nSPS) is 12.8. The average molecular weight is 460 g/mol. The van der Waals surface area contributed by atoms with Crippen LogP contribution in [-0.4, -0.2) is 32.0 Å². The molecule has 0 unspecified atom stereocenters. The molecule has 0 bridgehead atoms. The zero-order valence-electron chi connectivity index (χ0n) is 14.4. The molecule has 0 aromatic heterocycles. The summed E-state index contributed by atoms with van der Waals surface area (Å²) in [5, 5.41) is 2.49. The van der Waals surface area contributed by atoms with Crippen molar-refractivity contribution >= 4 is 33.5 Å². The van der Waals surface area contributed by atoms with Crippen molar-refractivity contribution in [3.63, 3.8) is 0 Å². The second-order valence-electron chi connectivity index (χ2n) is 5.68. The molecule has 10 heteroatoms. The fourth-order valence-corrected chi connectivity index (χ4v) is 3.40. The lowest BCUT2D eigenvalue weighted by Gasteiger charge is -2.16. The highest BCUT2D eigenvalue weighted by molar-refractivity contribution is 9.10. The van der Waals surface area contributed by atoms with Crippen LogP contribution < -0.4 is 14.8 Å². The van der Waals surface area contributed by atoms with Crippen molar-refractivity contribution in [3.8, 4) is 11.5 Å². The van der Waals surface area contributed by atoms with Gasteiger partial charge in [-0.25, -0.2) is 4.79 Å². The molecule has 1 aliphatic rings. The van der Waals surface area contributed by atoms with Gasteiger partial charge in [0.1, 0.15) is 11.5 Å². The highest BCUT2D eigenvalue weighted by atomic mass is 79.9. The Labute approximate surface area is 165 Å². The highest BCUT2D eigenvalue weighted by Crippen LogP contribution is 2.41. The Balaban J connectivity index is 1.98. The molecule has 0 saturated heterocycles. The van der Waals surface area contributed by atoms with Gasteiger partial charge in [0.2, 0.25) is 0 Å². The van der Waals surface area contributed by atoms with Crippen molar-refractivity contribution in [1.82, 2.24) is 0 Å². The Kier molecular flexibility index (Phi) is 5.50. The molecule has 0 saturated carbocycles. The van der Waals surface area contributed by atoms with Gasteiger partial charge in [0, 0.05) is 16.5 Å². The molecule has 1 aliphatic heterocycles. The van der Waals surface area contributed by atoms with Gasteiger partial charge in [-0.1, -0.05) is 12.1 Å². The number of fused-ring (bicyclic) bond motifs is 1. The van der Waals surface area contributed by atoms with Crippen molar-refractivity contribution in [2.45, 2.75) is 12.8 Å². The lowest BCUT2D eigenvalue weighted by Crippen LogP contribution is -2.21. The Hall–Kier alpha value is -2.75. The van der Waals surface area contributed by atoms with E-state index in [0.717, 1.165) is 6.07 Å². The number of benzene rings is 2. The third kappa shape index (κ3) is 4.06. The lowest BCUT2D eigenvalue weighted by molar-refractivity contribution is -0.274. The molecule has 148 valence electrons. The third-order valence-electron chi connectivity index (χ3n) is 3.92. The molecule has 1 N–H and O–H groups in total. The fraction of sp³-hybridized carbons (Fsp3) is 0.222. The SMILES string of the molecule is COC(=O)c1cc(NC(=O)c2ccccc2OC(F)(F)F)c2c(c1Br)CCO2. The molecular weight excluding hydrogens is 447 g/mol. The average Bonchev–Trinajstić information content (AvgIpc) is 3.13. The van der Waals surface area contributed by atoms with E-state index >= 15 is 0 Å². The molecule has 0 radical (unpaired) electrons. The molecule has 0 aliphatic carbocycles. The van der Waals surface area contributed by atoms with Crippen molar-refractivity contribution < 1.29 is 37.0 Å². The van der Waals surface area contributed by atoms with Crippen LogP contribution in [0.15, 0.2) is 34.8 Å². The zero-order chi connectivity index (χ0) is 20.5. The maximum atomic E-state index is 12.6. The Morgan fingerprint density at radius 2 is 1.93 bits per heavy atom. The molecule has 1 heterocycles. The van der Waals surface area contributed by atoms with E-state index in [1.54, 1.807) is 0 Å². The number of anilines is 1. The lowest BCUT2D eigenvalue weighted by atomic mass is 10.1. The number of carbonyl (C=O) groups is 2. The summed E-state index contributed by atoms with van der Waals surface area (Å²) in [5.41, 5.74) is 0.622. The molecule has 0 spiro atoms. The number of amides is 1. The first-order valence-electron chi connectivity index (χ1n) is 7.94. The number of alkyl halides is 3. The van der Waals surface area contributed by atoms with Crippen LogP contribution in [0.5, 0.6) is 11.5 Å². The summed E-state index contributed by atoms with van der Waals surface area (Å²) in [6, 6.07) is 6.28. The van der Waals surface area contributed by atoms with Crippen LogP contribution in [-0.2, 0) is 11.2 Å². The van der Waals surface area contributed by atoms with Crippen molar-refractivity contribution in [3.05, 3.63) is 51.5 Å². The van der Waals surface area contributed by atoms with Crippen molar-refractivity contribution in [2.24, 2.45) is 0 Å². The van der Waals surface area contributed by atoms with Gasteiger partial charge in [0.05, 0.1) is 30.5 Å². The van der Waals surface area contributed by atoms with Crippen molar-refractivity contribution in [1.29, 1.82) is 0 Å². The van der Waals surface area contributed by atoms with Gasteiger partial charge in [-0.2, -0.15) is 0 Å². The number of esters is 1. The molecule has 2 aromatic carbocycles. The van der Waals surface area contributed by atoms with E-state index in [2.05, 4.69) is 26.0 Å². The molecule has 6 nitrogen and oxygen atoms in total. The van der Waals surface area contributed by atoms with Gasteiger partial charge in [-0.15, -0.1) is 13.2 Å². The summed E-state index contributed by atoms with van der Waals surface area (Å²) >= 11 is 3.33. The number of methoxy groups -OCH3 is 1. The number of halogens is 4. The van der Waals surface area contributed by atoms with E-state index in [1.165, 1.54) is 31.4 Å². The number of hydrogen-bond acceptors (Lipinski definition) is 5. The maximum Gasteiger partial charge on any atom is 0.573 e. The van der Waals surface area contributed by atoms with E-state index in [0.29, 0.717) is 28.8 Å². The maximum absolute atomic E-state index is 12.6. The predicted molar refractivity (Wildman–Crippen MR) is 95.8 cm³/mol. The number of para-hydroxylation sites is 1. The van der Waals surface area contributed by atoms with E-state index in [-0.39, 0.29) is 16.8 Å². The van der Waals surface area contributed by atoms with E-state index in [4.69, 9.17) is 9.47 Å². The van der Waals surface area contributed by atoms with Crippen LogP contribution >= 0.6 is 15.9 Å². The quantitative estimate of drug-likeness (QED) is 0.689. The first-order chi connectivity index (χ1) is 13.2. The number of ether oxygens (including phenoxy) is 3. The number of carbonyl (C=O) groups excluding carboxylic acids is 2. The second kappa shape index (κ2) is 7.70. The first kappa shape index (κ1) is 20.0. The van der Waals surface area contributed by atoms with E-state index < -0.39 is 24.0 Å². The fourth-order valence-electron chi connectivity index (χ4n) is 2.75. The van der Waals surface area contributed by atoms with Gasteiger partial charge in [0.25, 0.3) is 5.91 Å². The Morgan fingerprint density at radius 1 is 1.21 bits per heavy atom. The standard InChI is InChI=1S/C18H13BrF3NO5/c1-26-17(25)11-8-12(15-10(14(11)19)6-7-27-15)23-16(24)9-4-2-3-5-13(9)28-18(20,21)22/h2-5,8H,6-7H2,1H3,(H,23,24). The highest BCUT2D eigenvalue weighted by Gasteiger charge is 2.33. The van der Waals surface area contributed by atoms with Crippen LogP contribution in [0.1, 0.15) is 26.3 Å². The summed E-state index contributed by atoms with van der Waals surface area (Å²) in [7, 11) is 1.21. The van der Waals surface area contributed by atoms with Gasteiger partial charge in [-0.05, 0) is 34.1 Å². The predicted octanol–water partition coefficient (Wildman–Crippen LogP) is 4.32. The van der Waals surface area contributed by atoms with Crippen LogP contribution in [0, 0.1) is 0 Å². The van der Waals surface area contributed by atoms with Gasteiger partial charge in [0.15, 0.2) is 0 Å². The molecule has 0 atom stereocenters. The second-order valence-corrected chi connectivity index (χ2v) is 6.47. The monoisotopic (exact) mass is 459 g/mol. The minimum atomic E-state index is -4.95. The van der Waals surface area contributed by atoms with Crippen LogP contribution in [0.2, 0.25) is 0 Å². The molecule has 3 rings (SSSR count). The van der Waals surface area contributed by atoms with Gasteiger partial charge < -0.3 is 19.5 Å². The largest absolute Gasteiger partial charge is 0.573 e. The van der Waals surface area contributed by atoms with E-state index in [1.807, 2.05) is 0 Å². The molecule has 28 heavy (non-hydrogen) atoms. The van der Waals surface area contributed by atoms with Gasteiger partial charge in [-0.3, -0.25) is 4.79 Å². The topological polar surface area (TPSA) is 73.9 Å². The first-order valence-corrected chi connectivity index (χ1v) is 8.73. The minimum absolute atomic E-state index is 0.142. The summed E-state index contributed by atoms with van der Waals surface area (Å²) < 4.78 is 52.4. The molecular formula is C18H13BrF3NO5.